The van der Waals surface area contributed by atoms with Gasteiger partial charge in [0.1, 0.15) is 6.10 Å². The predicted molar refractivity (Wildman–Crippen MR) is 146 cm³/mol. The largest absolute Gasteiger partial charge is 0.458 e. The number of rotatable bonds is 6. The molecule has 0 heterocycles. The van der Waals surface area contributed by atoms with Gasteiger partial charge in [0.2, 0.25) is 0 Å². The van der Waals surface area contributed by atoms with Crippen LogP contribution in [0.1, 0.15) is 85.1 Å². The lowest BCUT2D eigenvalue weighted by Crippen LogP contribution is -2.58. The molecule has 0 unspecified atom stereocenters. The first-order valence-corrected chi connectivity index (χ1v) is 14.4. The summed E-state index contributed by atoms with van der Waals surface area (Å²) in [4.78, 5) is 37.7. The van der Waals surface area contributed by atoms with Crippen LogP contribution in [-0.2, 0) is 30.3 Å². The zero-order valence-corrected chi connectivity index (χ0v) is 23.5. The second-order valence-electron chi connectivity index (χ2n) is 12.7. The Kier molecular flexibility index (Phi) is 6.94. The Labute approximate surface area is 227 Å². The number of esters is 2. The van der Waals surface area contributed by atoms with Crippen molar-refractivity contribution in [1.29, 1.82) is 0 Å². The highest BCUT2D eigenvalue weighted by Gasteiger charge is 2.67. The van der Waals surface area contributed by atoms with Gasteiger partial charge in [0.05, 0.1) is 0 Å². The highest BCUT2D eigenvalue weighted by molar-refractivity contribution is 5.89. The number of hydrogen-bond acceptors (Lipinski definition) is 5. The van der Waals surface area contributed by atoms with E-state index in [0.717, 1.165) is 37.7 Å². The second kappa shape index (κ2) is 9.81. The quantitative estimate of drug-likeness (QED) is 0.399. The molecule has 2 fully saturated rings. The molecule has 204 valence electrons. The molecular weight excluding hydrogens is 476 g/mol. The fourth-order valence-electron chi connectivity index (χ4n) is 8.83. The topological polar surface area (TPSA) is 69.7 Å². The minimum absolute atomic E-state index is 0.0146. The van der Waals surface area contributed by atoms with Crippen molar-refractivity contribution in [3.63, 3.8) is 0 Å². The summed E-state index contributed by atoms with van der Waals surface area (Å²) < 4.78 is 11.8. The molecule has 5 rings (SSSR count). The smallest absolute Gasteiger partial charge is 0.306 e. The number of benzene rings is 1. The number of aryl methyl sites for hydroxylation is 1. The van der Waals surface area contributed by atoms with Crippen LogP contribution < -0.4 is 0 Å². The van der Waals surface area contributed by atoms with Crippen molar-refractivity contribution < 1.29 is 23.9 Å². The Bertz CT molecular complexity index is 1180. The van der Waals surface area contributed by atoms with Crippen molar-refractivity contribution in [2.24, 2.45) is 28.6 Å². The van der Waals surface area contributed by atoms with Crippen LogP contribution in [0.5, 0.6) is 0 Å². The number of Topliss-reactive ketones (excluding diaryl/α,β-unsaturated/α-hetero) is 1. The third kappa shape index (κ3) is 4.26. The highest BCUT2D eigenvalue weighted by atomic mass is 16.6. The molecule has 0 N–H and O–H groups in total. The number of carbonyl (C=O) groups is 3. The lowest BCUT2D eigenvalue weighted by atomic mass is 9.47. The lowest BCUT2D eigenvalue weighted by Gasteiger charge is -2.58. The van der Waals surface area contributed by atoms with Crippen LogP contribution in [0.3, 0.4) is 0 Å². The molecule has 2 saturated carbocycles. The first kappa shape index (κ1) is 26.9. The fraction of sp³-hybridized carbons (Fsp3) is 0.606. The Morgan fingerprint density at radius 3 is 2.32 bits per heavy atom. The average Bonchev–Trinajstić information content (AvgIpc) is 3.17. The van der Waals surface area contributed by atoms with E-state index in [9.17, 15) is 14.4 Å². The van der Waals surface area contributed by atoms with E-state index < -0.39 is 5.60 Å². The zero-order chi connectivity index (χ0) is 27.3. The number of ketones is 1. The minimum Gasteiger partial charge on any atom is -0.458 e. The molecule has 0 aliphatic heterocycles. The third-order valence-electron chi connectivity index (χ3n) is 10.7. The summed E-state index contributed by atoms with van der Waals surface area (Å²) in [6, 6.07) is 10.1. The Balaban J connectivity index is 1.36. The van der Waals surface area contributed by atoms with Crippen LogP contribution in [0.4, 0.5) is 0 Å². The molecule has 5 nitrogen and oxygen atoms in total. The van der Waals surface area contributed by atoms with Crippen LogP contribution >= 0.6 is 0 Å². The molecule has 5 heteroatoms. The molecule has 1 aromatic carbocycles. The average molecular weight is 519 g/mol. The SMILES string of the molecule is CC(=O)O[C@]1(C(C)=O)CC[C@@H]2[C@@H]3C=C(C)C4=C[C@H](OC(=O)CCc5ccccc5)CC[C@]4(C)[C@@H]3CC[C@@]21C. The monoisotopic (exact) mass is 518 g/mol. The van der Waals surface area contributed by atoms with Gasteiger partial charge in [0.25, 0.3) is 0 Å². The van der Waals surface area contributed by atoms with Crippen molar-refractivity contribution in [2.75, 3.05) is 0 Å². The summed E-state index contributed by atoms with van der Waals surface area (Å²) in [5, 5.41) is 0. The van der Waals surface area contributed by atoms with Gasteiger partial charge in [-0.2, -0.15) is 0 Å². The molecule has 38 heavy (non-hydrogen) atoms. The lowest BCUT2D eigenvalue weighted by molar-refractivity contribution is -0.185. The zero-order valence-electron chi connectivity index (χ0n) is 23.5. The predicted octanol–water partition coefficient (Wildman–Crippen LogP) is 6.55. The summed E-state index contributed by atoms with van der Waals surface area (Å²) in [5.41, 5.74) is 2.38. The normalized spacial score (nSPS) is 37.6. The molecule has 0 aromatic heterocycles. The Morgan fingerprint density at radius 1 is 0.921 bits per heavy atom. The third-order valence-corrected chi connectivity index (χ3v) is 10.7. The Morgan fingerprint density at radius 2 is 1.63 bits per heavy atom. The molecule has 1 aromatic rings. The summed E-state index contributed by atoms with van der Waals surface area (Å²) in [7, 11) is 0. The van der Waals surface area contributed by atoms with Crippen molar-refractivity contribution >= 4 is 17.7 Å². The molecule has 0 radical (unpaired) electrons. The van der Waals surface area contributed by atoms with Crippen molar-refractivity contribution in [3.8, 4) is 0 Å². The van der Waals surface area contributed by atoms with Gasteiger partial charge >= 0.3 is 11.9 Å². The molecule has 4 aliphatic carbocycles. The van der Waals surface area contributed by atoms with E-state index in [1.54, 1.807) is 6.92 Å². The summed E-state index contributed by atoms with van der Waals surface area (Å²) in [6.07, 6.45) is 10.7. The van der Waals surface area contributed by atoms with Gasteiger partial charge in [-0.25, -0.2) is 0 Å². The van der Waals surface area contributed by atoms with E-state index in [4.69, 9.17) is 9.47 Å². The van der Waals surface area contributed by atoms with Gasteiger partial charge in [-0.1, -0.05) is 55.8 Å². The number of hydrogen-bond donors (Lipinski definition) is 0. The molecule has 0 bridgehead atoms. The maximum Gasteiger partial charge on any atom is 0.306 e. The maximum atomic E-state index is 13.0. The molecule has 0 spiro atoms. The van der Waals surface area contributed by atoms with Gasteiger partial charge in [-0.05, 0) is 99.2 Å². The number of ether oxygens (including phenoxy) is 2. The van der Waals surface area contributed by atoms with Gasteiger partial charge in [0.15, 0.2) is 11.4 Å². The van der Waals surface area contributed by atoms with Crippen LogP contribution in [0.25, 0.3) is 0 Å². The maximum absolute atomic E-state index is 13.0. The summed E-state index contributed by atoms with van der Waals surface area (Å²) in [6.45, 7) is 9.78. The van der Waals surface area contributed by atoms with Gasteiger partial charge < -0.3 is 9.47 Å². The number of allylic oxidation sites excluding steroid dienone is 3. The minimum atomic E-state index is -1.02. The molecule has 7 atom stereocenters. The molecule has 4 aliphatic rings. The Hall–Kier alpha value is -2.69. The van der Waals surface area contributed by atoms with E-state index in [-0.39, 0.29) is 34.7 Å². The van der Waals surface area contributed by atoms with E-state index in [1.807, 2.05) is 30.3 Å². The van der Waals surface area contributed by atoms with Crippen molar-refractivity contribution in [2.45, 2.75) is 97.7 Å². The molecule has 0 amide bonds. The first-order chi connectivity index (χ1) is 18.0. The second-order valence-corrected chi connectivity index (χ2v) is 12.7. The first-order valence-electron chi connectivity index (χ1n) is 14.4. The van der Waals surface area contributed by atoms with Crippen molar-refractivity contribution in [1.82, 2.24) is 0 Å². The molecular formula is C33H42O5. The fourth-order valence-corrected chi connectivity index (χ4v) is 8.83. The number of fused-ring (bicyclic) bond motifs is 5. The number of carbonyl (C=O) groups excluding carboxylic acids is 3. The van der Waals surface area contributed by atoms with Crippen LogP contribution in [0.15, 0.2) is 53.6 Å². The van der Waals surface area contributed by atoms with Gasteiger partial charge in [-0.15, -0.1) is 0 Å². The van der Waals surface area contributed by atoms with Gasteiger partial charge in [-0.3, -0.25) is 14.4 Å². The van der Waals surface area contributed by atoms with Crippen LogP contribution in [0.2, 0.25) is 0 Å². The highest BCUT2D eigenvalue weighted by Crippen LogP contribution is 2.68. The standard InChI is InChI=1S/C33H42O5/c1-21-19-26-27(14-17-32(5)28(26)15-18-33(32,22(2)34)38-23(3)35)31(4)16-13-25(20-29(21)31)37-30(36)12-11-24-9-7-6-8-10-24/h6-10,19-20,25-28H,11-18H2,1-5H3/t25-,26-,27-,28-,31-,32+,33+/m1/s1. The summed E-state index contributed by atoms with van der Waals surface area (Å²) in [5.74, 6) is 0.580. The van der Waals surface area contributed by atoms with E-state index in [1.165, 1.54) is 18.1 Å². The van der Waals surface area contributed by atoms with Gasteiger partial charge in [0, 0.05) is 18.8 Å². The van der Waals surface area contributed by atoms with Crippen LogP contribution in [0, 0.1) is 28.6 Å². The molecule has 0 saturated heterocycles. The van der Waals surface area contributed by atoms with E-state index in [0.29, 0.717) is 37.0 Å². The summed E-state index contributed by atoms with van der Waals surface area (Å²) >= 11 is 0. The van der Waals surface area contributed by atoms with E-state index >= 15 is 0 Å². The van der Waals surface area contributed by atoms with E-state index in [2.05, 4.69) is 32.9 Å². The van der Waals surface area contributed by atoms with Crippen molar-refractivity contribution in [3.05, 3.63) is 59.2 Å². The van der Waals surface area contributed by atoms with Crippen LogP contribution in [-0.4, -0.2) is 29.4 Å².